The van der Waals surface area contributed by atoms with Crippen LogP contribution in [-0.4, -0.2) is 99.3 Å². The third kappa shape index (κ3) is 7.14. The summed E-state index contributed by atoms with van der Waals surface area (Å²) in [6.07, 6.45) is 1.98. The van der Waals surface area contributed by atoms with E-state index in [0.29, 0.717) is 31.6 Å². The number of thioether (sulfide) groups is 1. The number of nitrogens with zero attached hydrogens (tertiary/aromatic N) is 1. The molecule has 1 aliphatic rings. The molecule has 0 aromatic carbocycles. The molecule has 0 aromatic rings. The number of carbonyl (C=O) groups excluding carboxylic acids is 3. The summed E-state index contributed by atoms with van der Waals surface area (Å²) in [6.45, 7) is 0.772. The highest BCUT2D eigenvalue weighted by atomic mass is 32.2. The van der Waals surface area contributed by atoms with Crippen LogP contribution < -0.4 is 16.4 Å². The molecule has 12 heteroatoms. The standard InChI is InChI=1S/C17H30N4O7S/c1-9(23)13(17(27)28)20-14(24)11(8-22)19-15(25)12-4-3-6-21(12)16(26)10(18)5-7-29-2/h9-13,22-23H,3-8,18H2,1-2H3,(H,19,25)(H,20,24)(H,27,28). The zero-order valence-corrected chi connectivity index (χ0v) is 17.4. The van der Waals surface area contributed by atoms with Crippen molar-refractivity contribution >= 4 is 35.5 Å². The molecule has 1 rings (SSSR count). The maximum Gasteiger partial charge on any atom is 0.328 e. The molecule has 29 heavy (non-hydrogen) atoms. The average Bonchev–Trinajstić information content (AvgIpc) is 3.16. The van der Waals surface area contributed by atoms with Gasteiger partial charge in [-0.1, -0.05) is 0 Å². The Morgan fingerprint density at radius 3 is 2.45 bits per heavy atom. The van der Waals surface area contributed by atoms with E-state index < -0.39 is 54.7 Å². The molecular weight excluding hydrogens is 404 g/mol. The second-order valence-electron chi connectivity index (χ2n) is 6.89. The largest absolute Gasteiger partial charge is 0.480 e. The predicted octanol–water partition coefficient (Wildman–Crippen LogP) is -2.51. The van der Waals surface area contributed by atoms with Crippen molar-refractivity contribution < 1.29 is 34.5 Å². The van der Waals surface area contributed by atoms with Crippen LogP contribution in [0, 0.1) is 0 Å². The maximum atomic E-state index is 12.6. The highest BCUT2D eigenvalue weighted by Crippen LogP contribution is 2.19. The summed E-state index contributed by atoms with van der Waals surface area (Å²) >= 11 is 1.56. The van der Waals surface area contributed by atoms with Gasteiger partial charge < -0.3 is 36.6 Å². The van der Waals surface area contributed by atoms with E-state index in [4.69, 9.17) is 10.8 Å². The minimum atomic E-state index is -1.59. The Bertz CT molecular complexity index is 604. The lowest BCUT2D eigenvalue weighted by Gasteiger charge is -2.28. The van der Waals surface area contributed by atoms with E-state index in [1.807, 2.05) is 6.26 Å². The number of likely N-dealkylation sites (tertiary alicyclic amines) is 1. The van der Waals surface area contributed by atoms with Gasteiger partial charge in [0.1, 0.15) is 12.1 Å². The Labute approximate surface area is 173 Å². The highest BCUT2D eigenvalue weighted by molar-refractivity contribution is 7.98. The van der Waals surface area contributed by atoms with E-state index >= 15 is 0 Å². The van der Waals surface area contributed by atoms with Crippen molar-refractivity contribution in [1.82, 2.24) is 15.5 Å². The zero-order valence-electron chi connectivity index (χ0n) is 16.5. The minimum absolute atomic E-state index is 0.346. The molecule has 3 amide bonds. The van der Waals surface area contributed by atoms with Gasteiger partial charge in [-0.3, -0.25) is 14.4 Å². The van der Waals surface area contributed by atoms with Crippen LogP contribution in [-0.2, 0) is 19.2 Å². The van der Waals surface area contributed by atoms with Crippen LogP contribution in [0.1, 0.15) is 26.2 Å². The fourth-order valence-electron chi connectivity index (χ4n) is 2.99. The van der Waals surface area contributed by atoms with E-state index in [2.05, 4.69) is 10.6 Å². The van der Waals surface area contributed by atoms with Crippen molar-refractivity contribution in [3.8, 4) is 0 Å². The summed E-state index contributed by atoms with van der Waals surface area (Å²) in [5.74, 6) is -2.68. The summed E-state index contributed by atoms with van der Waals surface area (Å²) in [5, 5.41) is 32.3. The number of carbonyl (C=O) groups is 4. The van der Waals surface area contributed by atoms with Crippen LogP contribution in [0.4, 0.5) is 0 Å². The Hall–Kier alpha value is -1.89. The van der Waals surface area contributed by atoms with Gasteiger partial charge in [-0.05, 0) is 38.2 Å². The molecule has 0 aliphatic carbocycles. The third-order valence-electron chi connectivity index (χ3n) is 4.65. The molecular formula is C17H30N4O7S. The SMILES string of the molecule is CSCCC(N)C(=O)N1CCCC1C(=O)NC(CO)C(=O)NC(C(=O)O)C(C)O. The number of hydrogen-bond acceptors (Lipinski definition) is 8. The average molecular weight is 435 g/mol. The van der Waals surface area contributed by atoms with Gasteiger partial charge in [-0.25, -0.2) is 4.79 Å². The number of nitrogens with two attached hydrogens (primary N) is 1. The molecule has 0 saturated carbocycles. The molecule has 5 unspecified atom stereocenters. The lowest BCUT2D eigenvalue weighted by atomic mass is 10.1. The van der Waals surface area contributed by atoms with Crippen molar-refractivity contribution in [1.29, 1.82) is 0 Å². The van der Waals surface area contributed by atoms with Crippen molar-refractivity contribution in [2.75, 3.05) is 25.2 Å². The van der Waals surface area contributed by atoms with Crippen LogP contribution >= 0.6 is 11.8 Å². The van der Waals surface area contributed by atoms with Gasteiger partial charge in [0.05, 0.1) is 18.8 Å². The number of nitrogens with one attached hydrogen (secondary N) is 2. The topological polar surface area (TPSA) is 182 Å². The molecule has 7 N–H and O–H groups in total. The van der Waals surface area contributed by atoms with Gasteiger partial charge in [-0.15, -0.1) is 0 Å². The summed E-state index contributed by atoms with van der Waals surface area (Å²) in [6, 6.07) is -4.56. The van der Waals surface area contributed by atoms with Gasteiger partial charge in [0.25, 0.3) is 0 Å². The summed E-state index contributed by atoms with van der Waals surface area (Å²) in [4.78, 5) is 49.9. The third-order valence-corrected chi connectivity index (χ3v) is 5.29. The quantitative estimate of drug-likeness (QED) is 0.204. The Kier molecular flexibility index (Phi) is 10.4. The molecule has 0 radical (unpaired) electrons. The van der Waals surface area contributed by atoms with Gasteiger partial charge >= 0.3 is 5.97 Å². The molecule has 0 spiro atoms. The van der Waals surface area contributed by atoms with Gasteiger partial charge in [0.15, 0.2) is 6.04 Å². The zero-order chi connectivity index (χ0) is 22.1. The number of amides is 3. The second kappa shape index (κ2) is 12.0. The van der Waals surface area contributed by atoms with Crippen molar-refractivity contribution in [3.63, 3.8) is 0 Å². The Morgan fingerprint density at radius 1 is 1.28 bits per heavy atom. The lowest BCUT2D eigenvalue weighted by Crippen LogP contribution is -2.58. The number of aliphatic hydroxyl groups is 2. The first-order chi connectivity index (χ1) is 13.6. The molecule has 0 aromatic heterocycles. The summed E-state index contributed by atoms with van der Waals surface area (Å²) < 4.78 is 0. The smallest absolute Gasteiger partial charge is 0.328 e. The van der Waals surface area contributed by atoms with Gasteiger partial charge in [-0.2, -0.15) is 11.8 Å². The number of aliphatic hydroxyl groups excluding tert-OH is 2. The van der Waals surface area contributed by atoms with E-state index in [1.54, 1.807) is 11.8 Å². The van der Waals surface area contributed by atoms with Crippen molar-refractivity contribution in [3.05, 3.63) is 0 Å². The predicted molar refractivity (Wildman–Crippen MR) is 106 cm³/mol. The molecule has 5 atom stereocenters. The van der Waals surface area contributed by atoms with Crippen LogP contribution in [0.15, 0.2) is 0 Å². The number of carboxylic acid groups (broad SMARTS) is 1. The van der Waals surface area contributed by atoms with Crippen LogP contribution in [0.25, 0.3) is 0 Å². The molecule has 1 saturated heterocycles. The fourth-order valence-corrected chi connectivity index (χ4v) is 3.48. The first-order valence-electron chi connectivity index (χ1n) is 9.31. The van der Waals surface area contributed by atoms with Gasteiger partial charge in [0, 0.05) is 6.54 Å². The summed E-state index contributed by atoms with van der Waals surface area (Å²) in [7, 11) is 0. The van der Waals surface area contributed by atoms with E-state index in [1.165, 1.54) is 11.8 Å². The van der Waals surface area contributed by atoms with E-state index in [-0.39, 0.29) is 5.91 Å². The molecule has 166 valence electrons. The van der Waals surface area contributed by atoms with Gasteiger partial charge in [0.2, 0.25) is 17.7 Å². The normalized spacial score (nSPS) is 20.4. The maximum absolute atomic E-state index is 12.6. The Morgan fingerprint density at radius 2 is 1.93 bits per heavy atom. The fraction of sp³-hybridized carbons (Fsp3) is 0.765. The monoisotopic (exact) mass is 434 g/mol. The Balaban J connectivity index is 2.76. The van der Waals surface area contributed by atoms with Crippen molar-refractivity contribution in [2.45, 2.75) is 56.5 Å². The molecule has 11 nitrogen and oxygen atoms in total. The highest BCUT2D eigenvalue weighted by Gasteiger charge is 2.38. The summed E-state index contributed by atoms with van der Waals surface area (Å²) in [5.41, 5.74) is 5.91. The van der Waals surface area contributed by atoms with Crippen LogP contribution in [0.3, 0.4) is 0 Å². The van der Waals surface area contributed by atoms with E-state index in [9.17, 15) is 29.4 Å². The molecule has 1 heterocycles. The van der Waals surface area contributed by atoms with Crippen LogP contribution in [0.2, 0.25) is 0 Å². The van der Waals surface area contributed by atoms with E-state index in [0.717, 1.165) is 0 Å². The first-order valence-corrected chi connectivity index (χ1v) is 10.7. The molecule has 1 fully saturated rings. The molecule has 1 aliphatic heterocycles. The number of carboxylic acids is 1. The van der Waals surface area contributed by atoms with Crippen LogP contribution in [0.5, 0.6) is 0 Å². The first kappa shape index (κ1) is 25.1. The molecule has 0 bridgehead atoms. The number of rotatable bonds is 11. The minimum Gasteiger partial charge on any atom is -0.480 e. The number of hydrogen-bond donors (Lipinski definition) is 6. The lowest BCUT2D eigenvalue weighted by molar-refractivity contribution is -0.146. The van der Waals surface area contributed by atoms with Crippen molar-refractivity contribution in [2.24, 2.45) is 5.73 Å². The number of aliphatic carboxylic acids is 1. The second-order valence-corrected chi connectivity index (χ2v) is 7.87.